The molecule has 0 unspecified atom stereocenters. The van der Waals surface area contributed by atoms with Gasteiger partial charge in [0, 0.05) is 24.8 Å². The van der Waals surface area contributed by atoms with Crippen LogP contribution in [0.2, 0.25) is 0 Å². The first-order valence-corrected chi connectivity index (χ1v) is 9.64. The van der Waals surface area contributed by atoms with Crippen molar-refractivity contribution < 1.29 is 0 Å². The molecule has 132 valence electrons. The molecule has 0 aromatic heterocycles. The van der Waals surface area contributed by atoms with Crippen LogP contribution in [0.15, 0.2) is 67.7 Å². The molecule has 4 nitrogen and oxygen atoms in total. The van der Waals surface area contributed by atoms with E-state index in [2.05, 4.69) is 65.5 Å². The van der Waals surface area contributed by atoms with E-state index >= 15 is 0 Å². The summed E-state index contributed by atoms with van der Waals surface area (Å²) in [4.78, 5) is 9.17. The number of rotatable bonds is 0. The van der Waals surface area contributed by atoms with E-state index in [-0.39, 0.29) is 0 Å². The molecule has 0 amide bonds. The highest BCUT2D eigenvalue weighted by molar-refractivity contribution is 9.12. The van der Waals surface area contributed by atoms with Crippen molar-refractivity contribution in [3.8, 4) is 0 Å². The van der Waals surface area contributed by atoms with Crippen molar-refractivity contribution in [1.82, 2.24) is 0 Å². The van der Waals surface area contributed by atoms with E-state index in [4.69, 9.17) is 0 Å². The first-order chi connectivity index (χ1) is 12.5. The van der Waals surface area contributed by atoms with Gasteiger partial charge in [-0.1, -0.05) is 12.1 Å². The molecule has 2 aromatic carbocycles. The van der Waals surface area contributed by atoms with Crippen LogP contribution in [0.4, 0.5) is 22.7 Å². The Morgan fingerprint density at radius 2 is 1.27 bits per heavy atom. The van der Waals surface area contributed by atoms with Crippen LogP contribution in [-0.2, 0) is 0 Å². The van der Waals surface area contributed by atoms with Gasteiger partial charge in [0.25, 0.3) is 0 Å². The molecule has 0 spiro atoms. The fourth-order valence-corrected chi connectivity index (χ4v) is 2.81. The first kappa shape index (κ1) is 18.6. The molecule has 6 heteroatoms. The minimum atomic E-state index is 0.827. The van der Waals surface area contributed by atoms with Crippen molar-refractivity contribution in [1.29, 1.82) is 0 Å². The molecule has 2 N–H and O–H groups in total. The minimum Gasteiger partial charge on any atom is -0.359 e. The van der Waals surface area contributed by atoms with Crippen molar-refractivity contribution in [3.05, 3.63) is 68.9 Å². The summed E-state index contributed by atoms with van der Waals surface area (Å²) in [6.45, 7) is 4.10. The number of nitrogens with one attached hydrogen (secondary N) is 2. The van der Waals surface area contributed by atoms with Gasteiger partial charge in [0.15, 0.2) is 0 Å². The Balaban J connectivity index is 2.05. The van der Waals surface area contributed by atoms with Gasteiger partial charge in [-0.15, -0.1) is 0 Å². The lowest BCUT2D eigenvalue weighted by molar-refractivity contribution is 1.41. The molecule has 26 heavy (non-hydrogen) atoms. The lowest BCUT2D eigenvalue weighted by Gasteiger charge is -2.09. The molecule has 0 radical (unpaired) electrons. The normalized spacial score (nSPS) is 18.2. The number of fused-ring (bicyclic) bond motifs is 2. The highest BCUT2D eigenvalue weighted by Crippen LogP contribution is 2.29. The second-order valence-corrected chi connectivity index (χ2v) is 7.74. The standard InChI is InChI=1S/C20H18Br2N4/c1-13-3-5-17-19(7-13)25-11-16(22)12-26-20-8-14(2)4-6-18(20)24-10-15(21)9-23-17/h3-12,23,26H,1-2H3/b15-9+,16-12+,24-10?,25-11?. The van der Waals surface area contributed by atoms with Gasteiger partial charge in [-0.2, -0.15) is 0 Å². The molecule has 0 bridgehead atoms. The number of aryl methyl sites for hydroxylation is 2. The third kappa shape index (κ3) is 4.93. The molecule has 0 saturated carbocycles. The number of allylic oxidation sites excluding steroid dienone is 2. The van der Waals surface area contributed by atoms with Crippen LogP contribution >= 0.6 is 31.9 Å². The van der Waals surface area contributed by atoms with Crippen LogP contribution in [-0.4, -0.2) is 12.4 Å². The average Bonchev–Trinajstić information content (AvgIpc) is 2.62. The molecule has 3 rings (SSSR count). The van der Waals surface area contributed by atoms with Crippen LogP contribution in [0.25, 0.3) is 0 Å². The Morgan fingerprint density at radius 3 is 2.00 bits per heavy atom. The molecule has 1 aliphatic rings. The molecule has 0 fully saturated rings. The Hall–Kier alpha value is -2.18. The topological polar surface area (TPSA) is 48.8 Å². The quantitative estimate of drug-likeness (QED) is 0.446. The lowest BCUT2D eigenvalue weighted by Crippen LogP contribution is -1.94. The number of nitrogens with zero attached hydrogens (tertiary/aromatic N) is 2. The van der Waals surface area contributed by atoms with E-state index in [1.165, 1.54) is 0 Å². The highest BCUT2D eigenvalue weighted by atomic mass is 79.9. The molecular weight excluding hydrogens is 456 g/mol. The zero-order valence-corrected chi connectivity index (χ0v) is 17.6. The Kier molecular flexibility index (Phi) is 6.06. The largest absolute Gasteiger partial charge is 0.359 e. The van der Waals surface area contributed by atoms with E-state index < -0.39 is 0 Å². The number of hydrogen-bond acceptors (Lipinski definition) is 4. The zero-order valence-electron chi connectivity index (χ0n) is 14.4. The summed E-state index contributed by atoms with van der Waals surface area (Å²) < 4.78 is 1.66. The molecule has 1 heterocycles. The Bertz CT molecular complexity index is 943. The smallest absolute Gasteiger partial charge is 0.0867 e. The maximum absolute atomic E-state index is 4.59. The lowest BCUT2D eigenvalue weighted by atomic mass is 10.2. The predicted molar refractivity (Wildman–Crippen MR) is 120 cm³/mol. The Labute approximate surface area is 170 Å². The van der Waals surface area contributed by atoms with Crippen LogP contribution in [0, 0.1) is 13.8 Å². The van der Waals surface area contributed by atoms with E-state index in [9.17, 15) is 0 Å². The third-order valence-electron chi connectivity index (χ3n) is 3.69. The van der Waals surface area contributed by atoms with Crippen LogP contribution in [0.5, 0.6) is 0 Å². The fraction of sp³-hybridized carbons (Fsp3) is 0.100. The summed E-state index contributed by atoms with van der Waals surface area (Å²) in [6, 6.07) is 12.2. The van der Waals surface area contributed by atoms with Crippen molar-refractivity contribution in [2.75, 3.05) is 10.6 Å². The van der Waals surface area contributed by atoms with E-state index in [1.54, 1.807) is 12.4 Å². The molecule has 0 atom stereocenters. The number of anilines is 2. The monoisotopic (exact) mass is 472 g/mol. The molecule has 2 aromatic rings. The molecule has 0 aliphatic carbocycles. The number of hydrogen-bond donors (Lipinski definition) is 2. The van der Waals surface area contributed by atoms with Gasteiger partial charge in [-0.3, -0.25) is 9.98 Å². The molecular formula is C20H18Br2N4. The van der Waals surface area contributed by atoms with E-state index in [0.29, 0.717) is 0 Å². The Morgan fingerprint density at radius 1 is 0.692 bits per heavy atom. The van der Waals surface area contributed by atoms with E-state index in [1.807, 2.05) is 49.7 Å². The summed E-state index contributed by atoms with van der Waals surface area (Å²) in [6.07, 6.45) is 7.25. The predicted octanol–water partition coefficient (Wildman–Crippen LogP) is 6.72. The second-order valence-electron chi connectivity index (χ2n) is 5.90. The van der Waals surface area contributed by atoms with Gasteiger partial charge in [-0.25, -0.2) is 0 Å². The molecule has 0 saturated heterocycles. The maximum atomic E-state index is 4.59. The fourth-order valence-electron chi connectivity index (χ4n) is 2.38. The van der Waals surface area contributed by atoms with Gasteiger partial charge in [-0.05, 0) is 81.1 Å². The third-order valence-corrected chi connectivity index (χ3v) is 4.56. The number of benzene rings is 2. The van der Waals surface area contributed by atoms with Crippen molar-refractivity contribution in [2.45, 2.75) is 13.8 Å². The van der Waals surface area contributed by atoms with Gasteiger partial charge >= 0.3 is 0 Å². The number of halogens is 2. The molecule has 1 aliphatic heterocycles. The van der Waals surface area contributed by atoms with Crippen molar-refractivity contribution in [2.24, 2.45) is 9.98 Å². The maximum Gasteiger partial charge on any atom is 0.0867 e. The van der Waals surface area contributed by atoms with Gasteiger partial charge < -0.3 is 10.6 Å². The van der Waals surface area contributed by atoms with Crippen molar-refractivity contribution >= 4 is 67.0 Å². The highest BCUT2D eigenvalue weighted by Gasteiger charge is 2.03. The van der Waals surface area contributed by atoms with Gasteiger partial charge in [0.05, 0.1) is 31.7 Å². The summed E-state index contributed by atoms with van der Waals surface area (Å²) in [7, 11) is 0. The van der Waals surface area contributed by atoms with Crippen molar-refractivity contribution in [3.63, 3.8) is 0 Å². The van der Waals surface area contributed by atoms with Crippen LogP contribution < -0.4 is 10.6 Å². The SMILES string of the molecule is Cc1ccc2c(c1)N=C/C(Br)=C\Nc1cc(C)ccc1N=C/C(Br)=C\N2. The summed E-state index contributed by atoms with van der Waals surface area (Å²) >= 11 is 7.06. The zero-order chi connectivity index (χ0) is 18.5. The average molecular weight is 474 g/mol. The van der Waals surface area contributed by atoms with Crippen LogP contribution in [0.1, 0.15) is 11.1 Å². The summed E-state index contributed by atoms with van der Waals surface area (Å²) in [5, 5.41) is 6.57. The van der Waals surface area contributed by atoms with Gasteiger partial charge in [0.1, 0.15) is 0 Å². The minimum absolute atomic E-state index is 0.827. The van der Waals surface area contributed by atoms with E-state index in [0.717, 1.165) is 42.8 Å². The van der Waals surface area contributed by atoms with Gasteiger partial charge in [0.2, 0.25) is 0 Å². The van der Waals surface area contributed by atoms with Crippen LogP contribution in [0.3, 0.4) is 0 Å². The summed E-state index contributed by atoms with van der Waals surface area (Å²) in [5.41, 5.74) is 5.86. The summed E-state index contributed by atoms with van der Waals surface area (Å²) in [5.74, 6) is 0. The second kappa shape index (κ2) is 8.47. The first-order valence-electron chi connectivity index (χ1n) is 8.05. The number of aliphatic imine (C=N–C) groups is 2.